The summed E-state index contributed by atoms with van der Waals surface area (Å²) in [5.41, 5.74) is 0.762. The number of carbonyl (C=O) groups is 4. The number of benzene rings is 2. The van der Waals surface area contributed by atoms with Gasteiger partial charge in [0.05, 0.1) is 30.6 Å². The Hall–Kier alpha value is -4.14. The molecule has 9 nitrogen and oxygen atoms in total. The second-order valence-corrected chi connectivity index (χ2v) is 7.53. The lowest BCUT2D eigenvalue weighted by Crippen LogP contribution is -2.54. The molecule has 0 spiro atoms. The van der Waals surface area contributed by atoms with Crippen LogP contribution in [0.15, 0.2) is 48.0 Å². The fraction of sp³-hybridized carbons (Fsp3) is 0.280. The van der Waals surface area contributed by atoms with Crippen molar-refractivity contribution in [2.24, 2.45) is 0 Å². The van der Waals surface area contributed by atoms with E-state index in [4.69, 9.17) is 14.2 Å². The van der Waals surface area contributed by atoms with E-state index in [2.05, 4.69) is 5.32 Å². The summed E-state index contributed by atoms with van der Waals surface area (Å²) < 4.78 is 16.3. The predicted molar refractivity (Wildman–Crippen MR) is 125 cm³/mol. The third-order valence-corrected chi connectivity index (χ3v) is 4.68. The molecule has 1 aliphatic heterocycles. The third-order valence-electron chi connectivity index (χ3n) is 4.68. The summed E-state index contributed by atoms with van der Waals surface area (Å²) in [5, 5.41) is 2.17. The van der Waals surface area contributed by atoms with E-state index in [0.717, 1.165) is 4.90 Å². The van der Waals surface area contributed by atoms with Crippen LogP contribution in [0, 0.1) is 0 Å². The number of anilines is 1. The summed E-state index contributed by atoms with van der Waals surface area (Å²) in [5.74, 6) is -1.11. The van der Waals surface area contributed by atoms with Crippen LogP contribution in [0.5, 0.6) is 11.5 Å². The number of hydrogen-bond donors (Lipinski definition) is 1. The van der Waals surface area contributed by atoms with Gasteiger partial charge in [0.25, 0.3) is 11.8 Å². The van der Waals surface area contributed by atoms with Crippen molar-refractivity contribution >= 4 is 35.6 Å². The Balaban J connectivity index is 1.93. The van der Waals surface area contributed by atoms with Gasteiger partial charge in [0, 0.05) is 0 Å². The SMILES string of the molecule is CCOC(=O)c1ccc(N2C(=O)NC(=O)/C(=C\c3ccc(OC(C)C)c(OCC)c3)C2=O)cc1. The molecule has 0 bridgehead atoms. The van der Waals surface area contributed by atoms with E-state index < -0.39 is 23.8 Å². The van der Waals surface area contributed by atoms with Crippen LogP contribution in [0.2, 0.25) is 0 Å². The molecule has 1 N–H and O–H groups in total. The standard InChI is InChI=1S/C25H26N2O7/c1-5-32-21-14-16(7-12-20(21)34-15(3)4)13-19-22(28)26-25(31)27(23(19)29)18-10-8-17(9-11-18)24(30)33-6-2/h7-15H,5-6H2,1-4H3,(H,26,28,31)/b19-13+. The quantitative estimate of drug-likeness (QED) is 0.359. The first kappa shape index (κ1) is 24.5. The molecule has 0 saturated carbocycles. The van der Waals surface area contributed by atoms with Gasteiger partial charge in [0.1, 0.15) is 5.57 Å². The van der Waals surface area contributed by atoms with Crippen molar-refractivity contribution in [2.75, 3.05) is 18.1 Å². The normalized spacial score (nSPS) is 14.9. The second kappa shape index (κ2) is 10.7. The van der Waals surface area contributed by atoms with Gasteiger partial charge in [-0.2, -0.15) is 0 Å². The van der Waals surface area contributed by atoms with E-state index >= 15 is 0 Å². The molecule has 0 unspecified atom stereocenters. The average Bonchev–Trinajstić information content (AvgIpc) is 2.78. The molecule has 1 aliphatic rings. The fourth-order valence-corrected chi connectivity index (χ4v) is 3.25. The number of rotatable bonds is 8. The van der Waals surface area contributed by atoms with Crippen LogP contribution in [0.25, 0.3) is 6.08 Å². The van der Waals surface area contributed by atoms with Crippen molar-refractivity contribution in [1.82, 2.24) is 5.32 Å². The molecule has 34 heavy (non-hydrogen) atoms. The molecule has 0 radical (unpaired) electrons. The van der Waals surface area contributed by atoms with E-state index in [1.807, 2.05) is 20.8 Å². The van der Waals surface area contributed by atoms with Crippen LogP contribution in [0.3, 0.4) is 0 Å². The maximum Gasteiger partial charge on any atom is 0.338 e. The van der Waals surface area contributed by atoms with Crippen LogP contribution in [-0.4, -0.2) is 43.1 Å². The number of hydrogen-bond acceptors (Lipinski definition) is 7. The van der Waals surface area contributed by atoms with E-state index in [-0.39, 0.29) is 29.5 Å². The second-order valence-electron chi connectivity index (χ2n) is 7.53. The molecule has 1 heterocycles. The molecule has 1 fully saturated rings. The zero-order chi connectivity index (χ0) is 24.8. The van der Waals surface area contributed by atoms with Crippen LogP contribution in [0.4, 0.5) is 10.5 Å². The summed E-state index contributed by atoms with van der Waals surface area (Å²) in [6.07, 6.45) is 1.31. The van der Waals surface area contributed by atoms with E-state index in [1.54, 1.807) is 25.1 Å². The van der Waals surface area contributed by atoms with Crippen LogP contribution < -0.4 is 19.7 Å². The van der Waals surface area contributed by atoms with Gasteiger partial charge >= 0.3 is 12.0 Å². The van der Waals surface area contributed by atoms with E-state index in [1.165, 1.54) is 30.3 Å². The molecule has 0 aliphatic carbocycles. The Morgan fingerprint density at radius 1 is 1.00 bits per heavy atom. The largest absolute Gasteiger partial charge is 0.490 e. The highest BCUT2D eigenvalue weighted by atomic mass is 16.5. The molecule has 9 heteroatoms. The molecule has 178 valence electrons. The number of amides is 4. The number of nitrogens with zero attached hydrogens (tertiary/aromatic N) is 1. The number of imide groups is 2. The van der Waals surface area contributed by atoms with Gasteiger partial charge in [-0.1, -0.05) is 6.07 Å². The highest BCUT2D eigenvalue weighted by molar-refractivity contribution is 6.39. The molecule has 0 atom stereocenters. The lowest BCUT2D eigenvalue weighted by Gasteiger charge is -2.26. The Bertz CT molecular complexity index is 1140. The number of carbonyl (C=O) groups excluding carboxylic acids is 4. The number of barbiturate groups is 1. The molecule has 0 aromatic heterocycles. The minimum atomic E-state index is -0.883. The van der Waals surface area contributed by atoms with Gasteiger partial charge in [0.15, 0.2) is 11.5 Å². The zero-order valence-electron chi connectivity index (χ0n) is 19.4. The molecule has 1 saturated heterocycles. The number of esters is 1. The summed E-state index contributed by atoms with van der Waals surface area (Å²) in [6.45, 7) is 7.93. The summed E-state index contributed by atoms with van der Waals surface area (Å²) in [4.78, 5) is 50.7. The lowest BCUT2D eigenvalue weighted by molar-refractivity contribution is -0.122. The number of ether oxygens (including phenoxy) is 3. The van der Waals surface area contributed by atoms with Crippen molar-refractivity contribution in [2.45, 2.75) is 33.8 Å². The third kappa shape index (κ3) is 5.43. The molecule has 2 aromatic carbocycles. The van der Waals surface area contributed by atoms with Crippen molar-refractivity contribution in [3.63, 3.8) is 0 Å². The van der Waals surface area contributed by atoms with Crippen LogP contribution in [0.1, 0.15) is 43.6 Å². The monoisotopic (exact) mass is 466 g/mol. The molecule has 4 amide bonds. The highest BCUT2D eigenvalue weighted by Crippen LogP contribution is 2.31. The van der Waals surface area contributed by atoms with Gasteiger partial charge in [-0.25, -0.2) is 14.5 Å². The van der Waals surface area contributed by atoms with E-state index in [9.17, 15) is 19.2 Å². The molecule has 3 rings (SSSR count). The summed E-state index contributed by atoms with van der Waals surface area (Å²) in [7, 11) is 0. The van der Waals surface area contributed by atoms with Gasteiger partial charge in [-0.3, -0.25) is 14.9 Å². The summed E-state index contributed by atoms with van der Waals surface area (Å²) in [6, 6.07) is 9.90. The first-order valence-corrected chi connectivity index (χ1v) is 10.9. The number of urea groups is 1. The fourth-order valence-electron chi connectivity index (χ4n) is 3.25. The minimum absolute atomic E-state index is 0.0658. The summed E-state index contributed by atoms with van der Waals surface area (Å²) >= 11 is 0. The first-order chi connectivity index (χ1) is 16.2. The number of nitrogens with one attached hydrogen (secondary N) is 1. The maximum atomic E-state index is 13.1. The van der Waals surface area contributed by atoms with Gasteiger partial charge in [0.2, 0.25) is 0 Å². The predicted octanol–water partition coefficient (Wildman–Crippen LogP) is 3.72. The Morgan fingerprint density at radius 2 is 1.71 bits per heavy atom. The lowest BCUT2D eigenvalue weighted by atomic mass is 10.1. The molecular weight excluding hydrogens is 440 g/mol. The maximum absolute atomic E-state index is 13.1. The van der Waals surface area contributed by atoms with Crippen molar-refractivity contribution in [3.8, 4) is 11.5 Å². The average molecular weight is 466 g/mol. The topological polar surface area (TPSA) is 111 Å². The van der Waals surface area contributed by atoms with Crippen LogP contribution >= 0.6 is 0 Å². The molecule has 2 aromatic rings. The highest BCUT2D eigenvalue weighted by Gasteiger charge is 2.37. The first-order valence-electron chi connectivity index (χ1n) is 10.9. The minimum Gasteiger partial charge on any atom is -0.490 e. The van der Waals surface area contributed by atoms with Crippen molar-refractivity contribution in [1.29, 1.82) is 0 Å². The van der Waals surface area contributed by atoms with Crippen molar-refractivity contribution in [3.05, 3.63) is 59.2 Å². The van der Waals surface area contributed by atoms with Crippen molar-refractivity contribution < 1.29 is 33.4 Å². The van der Waals surface area contributed by atoms with Gasteiger partial charge in [-0.15, -0.1) is 0 Å². The van der Waals surface area contributed by atoms with Gasteiger partial charge < -0.3 is 14.2 Å². The Kier molecular flexibility index (Phi) is 7.68. The zero-order valence-corrected chi connectivity index (χ0v) is 19.4. The smallest absolute Gasteiger partial charge is 0.338 e. The Morgan fingerprint density at radius 3 is 2.32 bits per heavy atom. The molecular formula is C25H26N2O7. The van der Waals surface area contributed by atoms with Gasteiger partial charge in [-0.05, 0) is 75.7 Å². The van der Waals surface area contributed by atoms with Crippen LogP contribution in [-0.2, 0) is 14.3 Å². The van der Waals surface area contributed by atoms with E-state index in [0.29, 0.717) is 23.7 Å². The Labute approximate surface area is 197 Å².